The van der Waals surface area contributed by atoms with Gasteiger partial charge in [0.25, 0.3) is 5.56 Å². The number of benzene rings is 1. The molecule has 4 rings (SSSR count). The number of carbonyl (C=O) groups excluding carboxylic acids is 1. The largest absolute Gasteiger partial charge is 0.468 e. The zero-order chi connectivity index (χ0) is 28.5. The number of nitrogens with one attached hydrogen (secondary N) is 2. The molecule has 1 saturated heterocycles. The molecule has 1 aliphatic heterocycles. The number of hydrogen-bond acceptors (Lipinski definition) is 11. The number of anilines is 1. The lowest BCUT2D eigenvalue weighted by molar-refractivity contribution is -0.142. The Labute approximate surface area is 224 Å². The van der Waals surface area contributed by atoms with Crippen molar-refractivity contribution in [3.8, 4) is 5.75 Å². The number of aromatic nitrogens is 4. The van der Waals surface area contributed by atoms with E-state index >= 15 is 0 Å². The third-order valence-electron chi connectivity index (χ3n) is 6.17. The molecule has 212 valence electrons. The third-order valence-corrected chi connectivity index (χ3v) is 7.82. The van der Waals surface area contributed by atoms with Gasteiger partial charge in [-0.1, -0.05) is 32.9 Å². The van der Waals surface area contributed by atoms with Gasteiger partial charge in [0, 0.05) is 6.42 Å². The van der Waals surface area contributed by atoms with Crippen molar-refractivity contribution in [1.29, 1.82) is 0 Å². The van der Waals surface area contributed by atoms with Gasteiger partial charge in [0.2, 0.25) is 5.95 Å². The fourth-order valence-electron chi connectivity index (χ4n) is 4.11. The van der Waals surface area contributed by atoms with E-state index in [1.165, 1.54) is 24.9 Å². The van der Waals surface area contributed by atoms with Crippen LogP contribution < -0.4 is 20.9 Å². The summed E-state index contributed by atoms with van der Waals surface area (Å²) in [5.41, 5.74) is 6.26. The molecular weight excluding hydrogens is 531 g/mol. The minimum atomic E-state index is -4.13. The molecule has 1 fully saturated rings. The highest BCUT2D eigenvalue weighted by Crippen LogP contribution is 2.46. The van der Waals surface area contributed by atoms with Crippen LogP contribution in [0.25, 0.3) is 11.2 Å². The van der Waals surface area contributed by atoms with Crippen molar-refractivity contribution in [1.82, 2.24) is 24.6 Å². The van der Waals surface area contributed by atoms with Gasteiger partial charge < -0.3 is 24.8 Å². The van der Waals surface area contributed by atoms with Crippen LogP contribution in [-0.2, 0) is 28.8 Å². The van der Waals surface area contributed by atoms with Crippen molar-refractivity contribution in [3.63, 3.8) is 0 Å². The molecule has 0 bridgehead atoms. The maximum Gasteiger partial charge on any atom is 0.459 e. The van der Waals surface area contributed by atoms with Crippen LogP contribution in [0.4, 0.5) is 5.95 Å². The number of H-pyrrole nitrogens is 1. The summed E-state index contributed by atoms with van der Waals surface area (Å²) in [4.78, 5) is 34.6. The van der Waals surface area contributed by atoms with E-state index in [1.807, 2.05) is 12.1 Å². The molecule has 0 aliphatic carbocycles. The Bertz CT molecular complexity index is 1430. The molecule has 5 N–H and O–H groups in total. The molecule has 1 unspecified atom stereocenters. The van der Waals surface area contributed by atoms with Gasteiger partial charge in [0.15, 0.2) is 17.4 Å². The summed E-state index contributed by atoms with van der Waals surface area (Å²) in [6, 6.07) is 6.02. The summed E-state index contributed by atoms with van der Waals surface area (Å²) in [5, 5.41) is 13.3. The van der Waals surface area contributed by atoms with Crippen LogP contribution in [-0.4, -0.2) is 62.6 Å². The van der Waals surface area contributed by atoms with E-state index in [4.69, 9.17) is 24.3 Å². The summed E-state index contributed by atoms with van der Waals surface area (Å²) in [6.45, 7) is 7.40. The fraction of sp³-hybridized carbons (Fsp3) is 0.500. The highest BCUT2D eigenvalue weighted by molar-refractivity contribution is 7.52. The van der Waals surface area contributed by atoms with Crippen LogP contribution in [0.1, 0.15) is 45.9 Å². The number of aliphatic hydroxyl groups is 1. The molecule has 0 saturated carbocycles. The monoisotopic (exact) mass is 564 g/mol. The van der Waals surface area contributed by atoms with Crippen molar-refractivity contribution in [2.45, 2.75) is 64.0 Å². The highest BCUT2D eigenvalue weighted by Gasteiger charge is 2.39. The summed E-state index contributed by atoms with van der Waals surface area (Å²) < 4.78 is 37.2. The molecule has 0 radical (unpaired) electrons. The number of esters is 1. The number of rotatable bonds is 9. The molecule has 15 heteroatoms. The Balaban J connectivity index is 1.50. The SMILES string of the molecule is COC(=O)[C@H](C)NP(=O)(OC[C@@H]1C[C@@H](O)[C@H](n2cnc3c(=O)[nH]c(N)nc32)O1)Oc1ccc(C(C)(C)C)cc1. The molecule has 3 heterocycles. The number of methoxy groups -OCH3 is 1. The predicted octanol–water partition coefficient (Wildman–Crippen LogP) is 2.00. The molecule has 14 nitrogen and oxygen atoms in total. The maximum atomic E-state index is 13.7. The Kier molecular flexibility index (Phi) is 8.14. The first-order valence-electron chi connectivity index (χ1n) is 12.3. The van der Waals surface area contributed by atoms with Crippen LogP contribution in [0.5, 0.6) is 5.75 Å². The van der Waals surface area contributed by atoms with E-state index < -0.39 is 43.8 Å². The number of nitrogens with zero attached hydrogens (tertiary/aromatic N) is 3. The first-order valence-corrected chi connectivity index (χ1v) is 13.8. The van der Waals surface area contributed by atoms with Crippen LogP contribution in [0.15, 0.2) is 35.4 Å². The van der Waals surface area contributed by atoms with E-state index in [0.717, 1.165) is 5.56 Å². The van der Waals surface area contributed by atoms with Crippen molar-refractivity contribution < 1.29 is 33.0 Å². The number of ether oxygens (including phenoxy) is 2. The smallest absolute Gasteiger partial charge is 0.459 e. The van der Waals surface area contributed by atoms with Gasteiger partial charge in [-0.2, -0.15) is 10.1 Å². The maximum absolute atomic E-state index is 13.7. The van der Waals surface area contributed by atoms with Gasteiger partial charge in [-0.25, -0.2) is 9.55 Å². The van der Waals surface area contributed by atoms with E-state index in [1.54, 1.807) is 12.1 Å². The molecule has 5 atom stereocenters. The number of nitrogens with two attached hydrogens (primary N) is 1. The van der Waals surface area contributed by atoms with E-state index in [2.05, 4.69) is 40.8 Å². The molecule has 0 spiro atoms. The molecule has 0 amide bonds. The second-order valence-corrected chi connectivity index (χ2v) is 12.0. The van der Waals surface area contributed by atoms with Crippen molar-refractivity contribution in [3.05, 3.63) is 46.5 Å². The Morgan fingerprint density at radius 3 is 2.69 bits per heavy atom. The van der Waals surface area contributed by atoms with Gasteiger partial charge >= 0.3 is 13.7 Å². The number of nitrogen functional groups attached to an aromatic ring is 1. The minimum Gasteiger partial charge on any atom is -0.468 e. The number of fused-ring (bicyclic) bond motifs is 1. The molecule has 2 aromatic heterocycles. The van der Waals surface area contributed by atoms with Crippen LogP contribution in [0.3, 0.4) is 0 Å². The molecule has 1 aromatic carbocycles. The number of hydrogen-bond donors (Lipinski definition) is 4. The van der Waals surface area contributed by atoms with E-state index in [9.17, 15) is 19.3 Å². The summed E-state index contributed by atoms with van der Waals surface area (Å²) >= 11 is 0. The van der Waals surface area contributed by atoms with E-state index in [0.29, 0.717) is 0 Å². The van der Waals surface area contributed by atoms with Crippen LogP contribution in [0, 0.1) is 0 Å². The molecular formula is C24H33N6O8P. The molecule has 3 aromatic rings. The second kappa shape index (κ2) is 11.1. The summed E-state index contributed by atoms with van der Waals surface area (Å²) in [7, 11) is -2.92. The Morgan fingerprint density at radius 1 is 1.36 bits per heavy atom. The van der Waals surface area contributed by atoms with Gasteiger partial charge in [-0.3, -0.25) is 23.7 Å². The fourth-order valence-corrected chi connectivity index (χ4v) is 5.63. The average molecular weight is 565 g/mol. The number of carbonyl (C=O) groups is 1. The topological polar surface area (TPSA) is 193 Å². The lowest BCUT2D eigenvalue weighted by Crippen LogP contribution is -2.35. The quantitative estimate of drug-likeness (QED) is 0.218. The van der Waals surface area contributed by atoms with Crippen LogP contribution in [0.2, 0.25) is 0 Å². The van der Waals surface area contributed by atoms with Crippen LogP contribution >= 0.6 is 7.75 Å². The third kappa shape index (κ3) is 6.48. The Morgan fingerprint density at radius 2 is 2.05 bits per heavy atom. The highest BCUT2D eigenvalue weighted by atomic mass is 31.2. The first kappa shape index (κ1) is 28.7. The first-order chi connectivity index (χ1) is 18.3. The van der Waals surface area contributed by atoms with Gasteiger partial charge in [-0.15, -0.1) is 0 Å². The zero-order valence-electron chi connectivity index (χ0n) is 22.3. The van der Waals surface area contributed by atoms with Gasteiger partial charge in [0.05, 0.1) is 26.1 Å². The van der Waals surface area contributed by atoms with Crippen molar-refractivity contribution in [2.24, 2.45) is 0 Å². The normalized spacial score (nSPS) is 21.9. The van der Waals surface area contributed by atoms with Gasteiger partial charge in [-0.05, 0) is 30.0 Å². The second-order valence-electron chi connectivity index (χ2n) is 10.3. The van der Waals surface area contributed by atoms with Gasteiger partial charge in [0.1, 0.15) is 17.9 Å². The minimum absolute atomic E-state index is 0.0380. The lowest BCUT2D eigenvalue weighted by atomic mass is 9.87. The standard InChI is InChI=1S/C24H33N6O8P/c1-13(22(33)35-5)29-39(34,38-15-8-6-14(7-9-15)24(2,3)4)36-11-16-10-17(31)21(37-16)30-12-26-18-19(30)27-23(25)28-20(18)32/h6-9,12-13,16-17,21,31H,10-11H2,1-5H3,(H,29,34)(H3,25,27,28,32)/t13-,16-,17+,21+,39?/m0/s1. The number of imidazole rings is 1. The van der Waals surface area contributed by atoms with Crippen molar-refractivity contribution >= 4 is 30.8 Å². The molecule has 39 heavy (non-hydrogen) atoms. The van der Waals surface area contributed by atoms with Crippen molar-refractivity contribution in [2.75, 3.05) is 19.5 Å². The number of aromatic amines is 1. The summed E-state index contributed by atoms with van der Waals surface area (Å²) in [6.07, 6.45) is -1.28. The zero-order valence-corrected chi connectivity index (χ0v) is 23.2. The predicted molar refractivity (Wildman–Crippen MR) is 141 cm³/mol. The Hall–Kier alpha value is -3.29. The lowest BCUT2D eigenvalue weighted by Gasteiger charge is -2.24. The van der Waals surface area contributed by atoms with E-state index in [-0.39, 0.29) is 41.3 Å². The summed E-state index contributed by atoms with van der Waals surface area (Å²) in [5.74, 6) is -0.507. The number of aliphatic hydroxyl groups excluding tert-OH is 1. The average Bonchev–Trinajstić information content (AvgIpc) is 3.44. The molecule has 1 aliphatic rings.